The van der Waals surface area contributed by atoms with Crippen LogP contribution in [0.5, 0.6) is 6.01 Å². The summed E-state index contributed by atoms with van der Waals surface area (Å²) in [7, 11) is 0. The van der Waals surface area contributed by atoms with Gasteiger partial charge in [0.2, 0.25) is 11.9 Å². The smallest absolute Gasteiger partial charge is 0.389 e. The number of anilines is 2. The maximum absolute atomic E-state index is 12.0. The van der Waals surface area contributed by atoms with Crippen LogP contribution in [0, 0.1) is 0 Å². The third kappa shape index (κ3) is 6.39. The summed E-state index contributed by atoms with van der Waals surface area (Å²) in [4.78, 5) is 12.0. The van der Waals surface area contributed by atoms with Crippen LogP contribution in [0.4, 0.5) is 25.1 Å². The van der Waals surface area contributed by atoms with Gasteiger partial charge in [0.25, 0.3) is 0 Å². The Balaban J connectivity index is 2.58. The van der Waals surface area contributed by atoms with Crippen LogP contribution in [0.25, 0.3) is 0 Å². The van der Waals surface area contributed by atoms with E-state index < -0.39 is 12.6 Å². The summed E-state index contributed by atoms with van der Waals surface area (Å²) in [5, 5.41) is 5.63. The molecule has 0 aliphatic carbocycles. The lowest BCUT2D eigenvalue weighted by atomic mass is 10.3. The maximum atomic E-state index is 12.0. The second-order valence-electron chi connectivity index (χ2n) is 3.87. The molecule has 114 valence electrons. The molecule has 6 nitrogen and oxygen atoms in total. The molecule has 1 aromatic heterocycles. The van der Waals surface area contributed by atoms with E-state index in [1.807, 2.05) is 6.92 Å². The summed E-state index contributed by atoms with van der Waals surface area (Å²) >= 11 is 0. The molecule has 0 saturated heterocycles. The molecule has 20 heavy (non-hydrogen) atoms. The fraction of sp³-hybridized carbons (Fsp3) is 0.727. The highest BCUT2D eigenvalue weighted by Crippen LogP contribution is 2.21. The van der Waals surface area contributed by atoms with Crippen LogP contribution in [0.15, 0.2) is 0 Å². The quantitative estimate of drug-likeness (QED) is 0.717. The molecule has 0 aliphatic rings. The van der Waals surface area contributed by atoms with Crippen LogP contribution in [-0.2, 0) is 0 Å². The van der Waals surface area contributed by atoms with Crippen molar-refractivity contribution < 1.29 is 17.9 Å². The van der Waals surface area contributed by atoms with Crippen molar-refractivity contribution in [1.82, 2.24) is 15.0 Å². The van der Waals surface area contributed by atoms with E-state index in [1.54, 1.807) is 6.92 Å². The van der Waals surface area contributed by atoms with Gasteiger partial charge in [-0.15, -0.1) is 0 Å². The highest BCUT2D eigenvalue weighted by atomic mass is 19.4. The number of rotatable bonds is 8. The highest BCUT2D eigenvalue weighted by Gasteiger charge is 2.25. The van der Waals surface area contributed by atoms with Crippen molar-refractivity contribution in [2.45, 2.75) is 32.9 Å². The zero-order valence-electron chi connectivity index (χ0n) is 11.4. The molecule has 0 radical (unpaired) electrons. The van der Waals surface area contributed by atoms with Gasteiger partial charge in [-0.25, -0.2) is 0 Å². The van der Waals surface area contributed by atoms with E-state index in [0.717, 1.165) is 0 Å². The second-order valence-corrected chi connectivity index (χ2v) is 3.87. The lowest BCUT2D eigenvalue weighted by Gasteiger charge is -2.10. The Labute approximate surface area is 115 Å². The van der Waals surface area contributed by atoms with Gasteiger partial charge in [-0.05, 0) is 20.3 Å². The molecule has 0 atom stereocenters. The third-order valence-corrected chi connectivity index (χ3v) is 2.14. The van der Waals surface area contributed by atoms with Gasteiger partial charge in [-0.3, -0.25) is 0 Å². The lowest BCUT2D eigenvalue weighted by Crippen LogP contribution is -2.14. The van der Waals surface area contributed by atoms with Crippen molar-refractivity contribution in [3.05, 3.63) is 0 Å². The largest absolute Gasteiger partial charge is 0.464 e. The standard InChI is InChI=1S/C11H18F3N5O/c1-3-15-8-17-9(19-10(18-8)20-4-2)16-7-5-6-11(12,13)14/h3-7H2,1-2H3,(H2,15,16,17,18,19). The zero-order chi connectivity index (χ0) is 15.0. The van der Waals surface area contributed by atoms with Gasteiger partial charge in [0.15, 0.2) is 0 Å². The van der Waals surface area contributed by atoms with E-state index in [2.05, 4.69) is 25.6 Å². The maximum Gasteiger partial charge on any atom is 0.389 e. The van der Waals surface area contributed by atoms with E-state index in [1.165, 1.54) is 0 Å². The van der Waals surface area contributed by atoms with Crippen LogP contribution < -0.4 is 15.4 Å². The summed E-state index contributed by atoms with van der Waals surface area (Å²) in [5.41, 5.74) is 0. The molecule has 1 rings (SSSR count). The summed E-state index contributed by atoms with van der Waals surface area (Å²) in [5.74, 6) is 0.519. The van der Waals surface area contributed by atoms with Gasteiger partial charge in [-0.1, -0.05) is 0 Å². The van der Waals surface area contributed by atoms with Gasteiger partial charge in [0.1, 0.15) is 0 Å². The number of alkyl halides is 3. The molecule has 1 heterocycles. The fourth-order valence-electron chi connectivity index (χ4n) is 1.36. The third-order valence-electron chi connectivity index (χ3n) is 2.14. The molecule has 0 saturated carbocycles. The number of hydrogen-bond acceptors (Lipinski definition) is 6. The normalized spacial score (nSPS) is 11.2. The average Bonchev–Trinajstić information content (AvgIpc) is 2.34. The van der Waals surface area contributed by atoms with Crippen molar-refractivity contribution in [2.24, 2.45) is 0 Å². The number of halogens is 3. The topological polar surface area (TPSA) is 72.0 Å². The number of aromatic nitrogens is 3. The Bertz CT molecular complexity index is 389. The fourth-order valence-corrected chi connectivity index (χ4v) is 1.36. The van der Waals surface area contributed by atoms with Gasteiger partial charge in [-0.2, -0.15) is 28.1 Å². The van der Waals surface area contributed by atoms with E-state index in [9.17, 15) is 13.2 Å². The second kappa shape index (κ2) is 7.71. The predicted octanol–water partition coefficient (Wildman–Crippen LogP) is 2.46. The molecular weight excluding hydrogens is 275 g/mol. The molecule has 9 heteroatoms. The summed E-state index contributed by atoms with van der Waals surface area (Å²) in [6, 6.07) is 0.136. The van der Waals surface area contributed by atoms with Crippen LogP contribution in [0.2, 0.25) is 0 Å². The van der Waals surface area contributed by atoms with Gasteiger partial charge in [0, 0.05) is 19.5 Å². The molecule has 0 aliphatic heterocycles. The number of nitrogens with zero attached hydrogens (tertiary/aromatic N) is 3. The monoisotopic (exact) mass is 293 g/mol. The van der Waals surface area contributed by atoms with Crippen LogP contribution >= 0.6 is 0 Å². The minimum atomic E-state index is -4.15. The Morgan fingerprint density at radius 1 is 1.05 bits per heavy atom. The molecule has 0 amide bonds. The first-order chi connectivity index (χ1) is 9.44. The van der Waals surface area contributed by atoms with Gasteiger partial charge in [0.05, 0.1) is 6.61 Å². The van der Waals surface area contributed by atoms with Crippen molar-refractivity contribution in [3.63, 3.8) is 0 Å². The van der Waals surface area contributed by atoms with Crippen LogP contribution in [0.1, 0.15) is 26.7 Å². The number of nitrogens with one attached hydrogen (secondary N) is 2. The van der Waals surface area contributed by atoms with E-state index in [4.69, 9.17) is 4.74 Å². The van der Waals surface area contributed by atoms with E-state index >= 15 is 0 Å². The Morgan fingerprint density at radius 3 is 2.25 bits per heavy atom. The molecule has 1 aromatic rings. The minimum Gasteiger partial charge on any atom is -0.464 e. The summed E-state index contributed by atoms with van der Waals surface area (Å²) in [6.45, 7) is 4.79. The number of ether oxygens (including phenoxy) is 1. The molecule has 0 aromatic carbocycles. The van der Waals surface area contributed by atoms with Crippen LogP contribution in [-0.4, -0.2) is 40.8 Å². The molecule has 0 spiro atoms. The molecule has 0 bridgehead atoms. The summed E-state index contributed by atoms with van der Waals surface area (Å²) in [6.07, 6.45) is -5.04. The number of hydrogen-bond donors (Lipinski definition) is 2. The molecule has 2 N–H and O–H groups in total. The molecule has 0 fully saturated rings. The van der Waals surface area contributed by atoms with E-state index in [-0.39, 0.29) is 24.9 Å². The van der Waals surface area contributed by atoms with E-state index in [0.29, 0.717) is 19.1 Å². The molecular formula is C11H18F3N5O. The first-order valence-electron chi connectivity index (χ1n) is 6.38. The van der Waals surface area contributed by atoms with Crippen molar-refractivity contribution in [1.29, 1.82) is 0 Å². The van der Waals surface area contributed by atoms with Crippen molar-refractivity contribution in [2.75, 3.05) is 30.3 Å². The Morgan fingerprint density at radius 2 is 1.70 bits per heavy atom. The zero-order valence-corrected chi connectivity index (χ0v) is 11.4. The highest BCUT2D eigenvalue weighted by molar-refractivity contribution is 5.35. The SMILES string of the molecule is CCNc1nc(NCCCC(F)(F)F)nc(OCC)n1. The lowest BCUT2D eigenvalue weighted by molar-refractivity contribution is -0.134. The minimum absolute atomic E-state index is 0.0459. The van der Waals surface area contributed by atoms with Crippen molar-refractivity contribution in [3.8, 4) is 6.01 Å². The molecule has 0 unspecified atom stereocenters. The predicted molar refractivity (Wildman–Crippen MR) is 68.9 cm³/mol. The Kier molecular flexibility index (Phi) is 6.26. The Hall–Kier alpha value is -1.80. The average molecular weight is 293 g/mol. The van der Waals surface area contributed by atoms with Crippen molar-refractivity contribution >= 4 is 11.9 Å². The first kappa shape index (κ1) is 16.3. The van der Waals surface area contributed by atoms with Gasteiger partial charge < -0.3 is 15.4 Å². The summed E-state index contributed by atoms with van der Waals surface area (Å²) < 4.78 is 41.2. The van der Waals surface area contributed by atoms with Gasteiger partial charge >= 0.3 is 12.2 Å². The first-order valence-corrected chi connectivity index (χ1v) is 6.38. The van der Waals surface area contributed by atoms with Crippen LogP contribution in [0.3, 0.4) is 0 Å².